The number of sulfonamides is 1. The molecule has 8 heteroatoms. The lowest BCUT2D eigenvalue weighted by atomic mass is 10.1. The smallest absolute Gasteiger partial charge is 0.338 e. The van der Waals surface area contributed by atoms with Gasteiger partial charge in [-0.2, -0.15) is 4.31 Å². The molecule has 7 nitrogen and oxygen atoms in total. The zero-order valence-electron chi connectivity index (χ0n) is 18.1. The van der Waals surface area contributed by atoms with Crippen LogP contribution in [0.4, 0.5) is 5.69 Å². The van der Waals surface area contributed by atoms with Gasteiger partial charge in [-0.25, -0.2) is 13.2 Å². The normalized spacial score (nSPS) is 14.8. The van der Waals surface area contributed by atoms with Crippen molar-refractivity contribution in [3.63, 3.8) is 0 Å². The predicted molar refractivity (Wildman–Crippen MR) is 119 cm³/mol. The van der Waals surface area contributed by atoms with Gasteiger partial charge in [0.15, 0.2) is 0 Å². The molecule has 1 aliphatic rings. The first-order valence-electron chi connectivity index (χ1n) is 10.4. The number of benzene rings is 2. The van der Waals surface area contributed by atoms with Gasteiger partial charge in [0.2, 0.25) is 10.0 Å². The van der Waals surface area contributed by atoms with E-state index in [1.54, 1.807) is 51.1 Å². The zero-order chi connectivity index (χ0) is 22.6. The van der Waals surface area contributed by atoms with Gasteiger partial charge in [-0.05, 0) is 69.0 Å². The highest BCUT2D eigenvalue weighted by Crippen LogP contribution is 2.26. The largest absolute Gasteiger partial charge is 0.462 e. The molecule has 0 unspecified atom stereocenters. The molecule has 0 radical (unpaired) electrons. The van der Waals surface area contributed by atoms with Gasteiger partial charge in [0.25, 0.3) is 5.91 Å². The Hall–Kier alpha value is -2.71. The molecule has 2 aromatic rings. The van der Waals surface area contributed by atoms with Crippen LogP contribution in [-0.4, -0.2) is 44.3 Å². The number of nitrogens with one attached hydrogen (secondary N) is 1. The van der Waals surface area contributed by atoms with Crippen molar-refractivity contribution in [3.05, 3.63) is 58.7 Å². The monoisotopic (exact) mass is 444 g/mol. The first-order valence-corrected chi connectivity index (χ1v) is 11.9. The highest BCUT2D eigenvalue weighted by Gasteiger charge is 2.28. The Kier molecular flexibility index (Phi) is 7.12. The summed E-state index contributed by atoms with van der Waals surface area (Å²) in [5.41, 5.74) is 2.26. The predicted octanol–water partition coefficient (Wildman–Crippen LogP) is 3.91. The van der Waals surface area contributed by atoms with Crippen LogP contribution in [0.3, 0.4) is 0 Å². The summed E-state index contributed by atoms with van der Waals surface area (Å²) in [6, 6.07) is 9.67. The third-order valence-corrected chi connectivity index (χ3v) is 7.50. The van der Waals surface area contributed by atoms with Crippen molar-refractivity contribution in [2.24, 2.45) is 0 Å². The summed E-state index contributed by atoms with van der Waals surface area (Å²) in [6.07, 6.45) is 2.71. The number of carbonyl (C=O) groups excluding carboxylic acids is 2. The van der Waals surface area contributed by atoms with E-state index >= 15 is 0 Å². The number of aryl methyl sites for hydroxylation is 1. The Labute approximate surface area is 183 Å². The van der Waals surface area contributed by atoms with E-state index in [1.165, 1.54) is 10.4 Å². The number of hydrogen-bond acceptors (Lipinski definition) is 5. The molecule has 0 atom stereocenters. The summed E-state index contributed by atoms with van der Waals surface area (Å²) in [5.74, 6) is -0.902. The average Bonchev–Trinajstić information content (AvgIpc) is 2.76. The molecule has 0 aliphatic carbocycles. The van der Waals surface area contributed by atoms with E-state index in [2.05, 4.69) is 5.32 Å². The van der Waals surface area contributed by atoms with E-state index < -0.39 is 21.9 Å². The Bertz CT molecular complexity index is 1090. The maximum atomic E-state index is 13.1. The maximum absolute atomic E-state index is 13.1. The van der Waals surface area contributed by atoms with Gasteiger partial charge in [0.05, 0.1) is 17.1 Å². The highest BCUT2D eigenvalue weighted by atomic mass is 32.2. The lowest BCUT2D eigenvalue weighted by Crippen LogP contribution is -2.36. The lowest BCUT2D eigenvalue weighted by Gasteiger charge is -2.26. The van der Waals surface area contributed by atoms with Gasteiger partial charge in [-0.1, -0.05) is 18.6 Å². The van der Waals surface area contributed by atoms with Crippen LogP contribution in [0.25, 0.3) is 0 Å². The van der Waals surface area contributed by atoms with Crippen molar-refractivity contribution in [2.75, 3.05) is 25.0 Å². The second-order valence-corrected chi connectivity index (χ2v) is 9.50. The van der Waals surface area contributed by atoms with Crippen LogP contribution in [0.1, 0.15) is 58.0 Å². The first kappa shape index (κ1) is 23.0. The van der Waals surface area contributed by atoms with E-state index in [9.17, 15) is 18.0 Å². The maximum Gasteiger partial charge on any atom is 0.338 e. The van der Waals surface area contributed by atoms with E-state index in [0.29, 0.717) is 35.5 Å². The minimum atomic E-state index is -3.66. The fourth-order valence-electron chi connectivity index (χ4n) is 3.66. The Morgan fingerprint density at radius 2 is 1.77 bits per heavy atom. The Morgan fingerprint density at radius 3 is 2.45 bits per heavy atom. The molecular weight excluding hydrogens is 416 g/mol. The Balaban J connectivity index is 1.88. The number of carbonyl (C=O) groups is 2. The van der Waals surface area contributed by atoms with Crippen LogP contribution < -0.4 is 5.32 Å². The van der Waals surface area contributed by atoms with Crippen LogP contribution in [0.15, 0.2) is 41.3 Å². The molecule has 1 saturated heterocycles. The zero-order valence-corrected chi connectivity index (χ0v) is 18.9. The third kappa shape index (κ3) is 4.97. The van der Waals surface area contributed by atoms with E-state index in [-0.39, 0.29) is 17.1 Å². The van der Waals surface area contributed by atoms with Gasteiger partial charge in [-0.3, -0.25) is 4.79 Å². The van der Waals surface area contributed by atoms with Gasteiger partial charge in [0, 0.05) is 24.3 Å². The highest BCUT2D eigenvalue weighted by molar-refractivity contribution is 7.89. The quantitative estimate of drug-likeness (QED) is 0.682. The topological polar surface area (TPSA) is 92.8 Å². The second-order valence-electron chi connectivity index (χ2n) is 7.60. The van der Waals surface area contributed by atoms with Crippen molar-refractivity contribution >= 4 is 27.6 Å². The van der Waals surface area contributed by atoms with E-state index in [1.807, 2.05) is 0 Å². The molecule has 0 spiro atoms. The minimum absolute atomic E-state index is 0.152. The number of nitrogens with zero attached hydrogens (tertiary/aromatic N) is 1. The van der Waals surface area contributed by atoms with Gasteiger partial charge in [0.1, 0.15) is 0 Å². The molecule has 1 fully saturated rings. The molecule has 166 valence electrons. The summed E-state index contributed by atoms with van der Waals surface area (Å²) in [6.45, 7) is 6.43. The number of esters is 1. The van der Waals surface area contributed by atoms with Crippen LogP contribution in [0.2, 0.25) is 0 Å². The fraction of sp³-hybridized carbons (Fsp3) is 0.391. The van der Waals surface area contributed by atoms with Gasteiger partial charge >= 0.3 is 5.97 Å². The van der Waals surface area contributed by atoms with Crippen molar-refractivity contribution < 1.29 is 22.7 Å². The molecule has 31 heavy (non-hydrogen) atoms. The fourth-order valence-corrected chi connectivity index (χ4v) is 5.43. The standard InChI is InChI=1S/C23H28N2O5S/c1-4-30-23(27)19-9-8-10-20(17(19)3)24-22(26)18-12-11-16(2)21(15-18)31(28,29)25-13-6-5-7-14-25/h8-12,15H,4-7,13-14H2,1-3H3,(H,24,26). The van der Waals surface area contributed by atoms with Crippen molar-refractivity contribution in [1.29, 1.82) is 0 Å². The summed E-state index contributed by atoms with van der Waals surface area (Å²) in [7, 11) is -3.66. The molecule has 1 amide bonds. The van der Waals surface area contributed by atoms with Crippen molar-refractivity contribution in [2.45, 2.75) is 44.9 Å². The molecule has 1 aliphatic heterocycles. The van der Waals surface area contributed by atoms with Gasteiger partial charge in [-0.15, -0.1) is 0 Å². The van der Waals surface area contributed by atoms with E-state index in [4.69, 9.17) is 4.74 Å². The molecule has 3 rings (SSSR count). The second kappa shape index (κ2) is 9.62. The van der Waals surface area contributed by atoms with Crippen LogP contribution in [-0.2, 0) is 14.8 Å². The molecule has 1 N–H and O–H groups in total. The Morgan fingerprint density at radius 1 is 1.06 bits per heavy atom. The van der Waals surface area contributed by atoms with Crippen LogP contribution >= 0.6 is 0 Å². The van der Waals surface area contributed by atoms with E-state index in [0.717, 1.165) is 19.3 Å². The summed E-state index contributed by atoms with van der Waals surface area (Å²) < 4.78 is 32.8. The third-order valence-electron chi connectivity index (χ3n) is 5.46. The number of amides is 1. The molecule has 0 bridgehead atoms. The first-order chi connectivity index (χ1) is 14.8. The van der Waals surface area contributed by atoms with Gasteiger partial charge < -0.3 is 10.1 Å². The minimum Gasteiger partial charge on any atom is -0.462 e. The molecule has 0 aromatic heterocycles. The average molecular weight is 445 g/mol. The number of piperidine rings is 1. The molecular formula is C23H28N2O5S. The summed E-state index contributed by atoms with van der Waals surface area (Å²) in [5, 5.41) is 2.79. The van der Waals surface area contributed by atoms with Crippen molar-refractivity contribution in [3.8, 4) is 0 Å². The lowest BCUT2D eigenvalue weighted by molar-refractivity contribution is 0.0525. The molecule has 1 heterocycles. The number of anilines is 1. The SMILES string of the molecule is CCOC(=O)c1cccc(NC(=O)c2ccc(C)c(S(=O)(=O)N3CCCCC3)c2)c1C. The van der Waals surface area contributed by atoms with Crippen LogP contribution in [0.5, 0.6) is 0 Å². The number of ether oxygens (including phenoxy) is 1. The molecule has 0 saturated carbocycles. The number of hydrogen-bond donors (Lipinski definition) is 1. The summed E-state index contributed by atoms with van der Waals surface area (Å²) in [4.78, 5) is 25.2. The number of rotatable bonds is 6. The van der Waals surface area contributed by atoms with Crippen molar-refractivity contribution in [1.82, 2.24) is 4.31 Å². The molecule has 2 aromatic carbocycles. The van der Waals surface area contributed by atoms with Crippen LogP contribution in [0, 0.1) is 13.8 Å². The summed E-state index contributed by atoms with van der Waals surface area (Å²) >= 11 is 0.